The lowest BCUT2D eigenvalue weighted by atomic mass is 10.1. The molecule has 1 aliphatic heterocycles. The molecule has 0 amide bonds. The lowest BCUT2D eigenvalue weighted by Crippen LogP contribution is -2.26. The van der Waals surface area contributed by atoms with Gasteiger partial charge in [-0.1, -0.05) is 0 Å². The van der Waals surface area contributed by atoms with Gasteiger partial charge in [-0.3, -0.25) is 10.1 Å². The predicted octanol–water partition coefficient (Wildman–Crippen LogP) is 2.28. The van der Waals surface area contributed by atoms with Crippen LogP contribution in [-0.4, -0.2) is 28.6 Å². The predicted molar refractivity (Wildman–Crippen MR) is 66.1 cm³/mol. The van der Waals surface area contributed by atoms with E-state index in [9.17, 15) is 14.9 Å². The average Bonchev–Trinajstić information content (AvgIpc) is 2.74. The summed E-state index contributed by atoms with van der Waals surface area (Å²) < 4.78 is 0. The monoisotopic (exact) mass is 250 g/mol. The fraction of sp³-hybridized carbons (Fsp3) is 0.417. The zero-order valence-electron chi connectivity index (χ0n) is 10.00. The van der Waals surface area contributed by atoms with Gasteiger partial charge in [0.25, 0.3) is 5.69 Å². The zero-order chi connectivity index (χ0) is 13.3. The Bertz CT molecular complexity index is 501. The van der Waals surface area contributed by atoms with Crippen molar-refractivity contribution in [2.75, 3.05) is 11.4 Å². The molecule has 1 aromatic carbocycles. The average molecular weight is 250 g/mol. The molecule has 0 bridgehead atoms. The third kappa shape index (κ3) is 2.13. The summed E-state index contributed by atoms with van der Waals surface area (Å²) in [7, 11) is 0. The first-order chi connectivity index (χ1) is 8.50. The number of nitro benzene ring substituents is 1. The first-order valence-corrected chi connectivity index (χ1v) is 5.79. The molecule has 18 heavy (non-hydrogen) atoms. The minimum atomic E-state index is -1.27. The highest BCUT2D eigenvalue weighted by atomic mass is 16.6. The van der Waals surface area contributed by atoms with Gasteiger partial charge in [0.1, 0.15) is 5.56 Å². The molecule has 0 spiro atoms. The smallest absolute Gasteiger partial charge is 0.342 e. The Balaban J connectivity index is 2.43. The normalized spacial score (nSPS) is 18.9. The molecule has 1 fully saturated rings. The first kappa shape index (κ1) is 12.3. The number of hydrogen-bond donors (Lipinski definition) is 1. The number of rotatable bonds is 3. The highest BCUT2D eigenvalue weighted by molar-refractivity contribution is 5.93. The molecule has 1 unspecified atom stereocenters. The van der Waals surface area contributed by atoms with Crippen LogP contribution < -0.4 is 4.90 Å². The molecular weight excluding hydrogens is 236 g/mol. The molecule has 0 saturated carbocycles. The van der Waals surface area contributed by atoms with E-state index in [1.165, 1.54) is 12.1 Å². The highest BCUT2D eigenvalue weighted by Crippen LogP contribution is 2.29. The van der Waals surface area contributed by atoms with Gasteiger partial charge in [-0.25, -0.2) is 4.79 Å². The Labute approximate surface area is 104 Å². The van der Waals surface area contributed by atoms with Crippen molar-refractivity contribution in [3.05, 3.63) is 33.9 Å². The molecule has 1 aromatic rings. The van der Waals surface area contributed by atoms with Gasteiger partial charge in [0.15, 0.2) is 0 Å². The summed E-state index contributed by atoms with van der Waals surface area (Å²) in [6.07, 6.45) is 2.11. The molecule has 1 saturated heterocycles. The van der Waals surface area contributed by atoms with Crippen LogP contribution in [0.25, 0.3) is 0 Å². The van der Waals surface area contributed by atoms with Crippen LogP contribution in [0.4, 0.5) is 11.4 Å². The Hall–Kier alpha value is -2.11. The second-order valence-corrected chi connectivity index (χ2v) is 4.45. The van der Waals surface area contributed by atoms with E-state index in [1.54, 1.807) is 6.07 Å². The summed E-state index contributed by atoms with van der Waals surface area (Å²) >= 11 is 0. The Morgan fingerprint density at radius 1 is 1.56 bits per heavy atom. The number of hydrogen-bond acceptors (Lipinski definition) is 4. The number of anilines is 1. The molecule has 0 aromatic heterocycles. The Kier molecular flexibility index (Phi) is 3.18. The number of carboxylic acid groups (broad SMARTS) is 1. The number of benzene rings is 1. The van der Waals surface area contributed by atoms with Crippen molar-refractivity contribution < 1.29 is 14.8 Å². The summed E-state index contributed by atoms with van der Waals surface area (Å²) in [4.78, 5) is 23.2. The van der Waals surface area contributed by atoms with Gasteiger partial charge >= 0.3 is 5.97 Å². The van der Waals surface area contributed by atoms with Crippen molar-refractivity contribution in [2.45, 2.75) is 25.8 Å². The summed E-state index contributed by atoms with van der Waals surface area (Å²) in [5, 5.41) is 19.8. The van der Waals surface area contributed by atoms with Crippen LogP contribution in [0.3, 0.4) is 0 Å². The molecule has 6 nitrogen and oxygen atoms in total. The Morgan fingerprint density at radius 2 is 2.28 bits per heavy atom. The van der Waals surface area contributed by atoms with Crippen LogP contribution >= 0.6 is 0 Å². The third-order valence-electron chi connectivity index (χ3n) is 3.29. The van der Waals surface area contributed by atoms with Crippen LogP contribution in [0.15, 0.2) is 18.2 Å². The maximum absolute atomic E-state index is 11.1. The molecule has 1 aliphatic rings. The third-order valence-corrected chi connectivity index (χ3v) is 3.29. The van der Waals surface area contributed by atoms with Gasteiger partial charge in [-0.15, -0.1) is 0 Å². The SMILES string of the molecule is CC1CCCN1c1ccc([N+](=O)[O-])c(C(=O)O)c1. The second-order valence-electron chi connectivity index (χ2n) is 4.45. The van der Waals surface area contributed by atoms with Crippen LogP contribution in [0.5, 0.6) is 0 Å². The van der Waals surface area contributed by atoms with Gasteiger partial charge in [-0.2, -0.15) is 0 Å². The van der Waals surface area contributed by atoms with E-state index in [1.807, 2.05) is 0 Å². The molecule has 0 radical (unpaired) electrons. The Morgan fingerprint density at radius 3 is 2.78 bits per heavy atom. The number of aromatic carboxylic acids is 1. The molecule has 1 heterocycles. The maximum atomic E-state index is 11.1. The van der Waals surface area contributed by atoms with E-state index in [-0.39, 0.29) is 11.3 Å². The molecule has 96 valence electrons. The fourth-order valence-electron chi connectivity index (χ4n) is 2.35. The second kappa shape index (κ2) is 4.64. The van der Waals surface area contributed by atoms with Gasteiger partial charge in [-0.05, 0) is 31.9 Å². The molecular formula is C12H14N2O4. The fourth-order valence-corrected chi connectivity index (χ4v) is 2.35. The van der Waals surface area contributed by atoms with Crippen molar-refractivity contribution in [3.63, 3.8) is 0 Å². The molecule has 2 rings (SSSR count). The quantitative estimate of drug-likeness (QED) is 0.657. The van der Waals surface area contributed by atoms with E-state index in [2.05, 4.69) is 11.8 Å². The lowest BCUT2D eigenvalue weighted by molar-refractivity contribution is -0.385. The van der Waals surface area contributed by atoms with E-state index >= 15 is 0 Å². The molecule has 1 N–H and O–H groups in total. The highest BCUT2D eigenvalue weighted by Gasteiger charge is 2.25. The van der Waals surface area contributed by atoms with Crippen molar-refractivity contribution in [1.82, 2.24) is 0 Å². The van der Waals surface area contributed by atoms with Gasteiger partial charge < -0.3 is 10.0 Å². The lowest BCUT2D eigenvalue weighted by Gasteiger charge is -2.23. The van der Waals surface area contributed by atoms with E-state index in [4.69, 9.17) is 5.11 Å². The number of nitro groups is 1. The van der Waals surface area contributed by atoms with E-state index in [0.717, 1.165) is 25.1 Å². The van der Waals surface area contributed by atoms with Crippen LogP contribution in [0.2, 0.25) is 0 Å². The number of carboxylic acids is 1. The topological polar surface area (TPSA) is 83.7 Å². The maximum Gasteiger partial charge on any atom is 0.342 e. The molecule has 1 atom stereocenters. The van der Waals surface area contributed by atoms with Gasteiger partial charge in [0.05, 0.1) is 4.92 Å². The zero-order valence-corrected chi connectivity index (χ0v) is 10.00. The van der Waals surface area contributed by atoms with E-state index < -0.39 is 10.9 Å². The summed E-state index contributed by atoms with van der Waals surface area (Å²) in [5.74, 6) is -1.27. The molecule has 6 heteroatoms. The number of nitrogens with zero attached hydrogens (tertiary/aromatic N) is 2. The summed E-state index contributed by atoms with van der Waals surface area (Å²) in [6, 6.07) is 4.62. The van der Waals surface area contributed by atoms with Gasteiger partial charge in [0, 0.05) is 24.3 Å². The largest absolute Gasteiger partial charge is 0.477 e. The van der Waals surface area contributed by atoms with Crippen LogP contribution in [0, 0.1) is 10.1 Å². The van der Waals surface area contributed by atoms with Crippen molar-refractivity contribution in [3.8, 4) is 0 Å². The van der Waals surface area contributed by atoms with Crippen molar-refractivity contribution in [1.29, 1.82) is 0 Å². The van der Waals surface area contributed by atoms with Crippen molar-refractivity contribution >= 4 is 17.3 Å². The minimum absolute atomic E-state index is 0.253. The van der Waals surface area contributed by atoms with E-state index in [0.29, 0.717) is 6.04 Å². The first-order valence-electron chi connectivity index (χ1n) is 5.79. The van der Waals surface area contributed by atoms with Crippen molar-refractivity contribution in [2.24, 2.45) is 0 Å². The number of carbonyl (C=O) groups is 1. The van der Waals surface area contributed by atoms with Crippen LogP contribution in [-0.2, 0) is 0 Å². The van der Waals surface area contributed by atoms with Crippen LogP contribution in [0.1, 0.15) is 30.1 Å². The standard InChI is InChI=1S/C12H14N2O4/c1-8-3-2-6-13(8)9-4-5-11(14(17)18)10(7-9)12(15)16/h4-5,7-8H,2-3,6H2,1H3,(H,15,16). The summed E-state index contributed by atoms with van der Waals surface area (Å²) in [6.45, 7) is 2.92. The molecule has 0 aliphatic carbocycles. The summed E-state index contributed by atoms with van der Waals surface area (Å²) in [5.41, 5.74) is 0.123. The minimum Gasteiger partial charge on any atom is -0.477 e. The van der Waals surface area contributed by atoms with Gasteiger partial charge in [0.2, 0.25) is 0 Å².